The van der Waals surface area contributed by atoms with E-state index in [2.05, 4.69) is 37.3 Å². The van der Waals surface area contributed by atoms with Gasteiger partial charge in [0.25, 0.3) is 0 Å². The van der Waals surface area contributed by atoms with Gasteiger partial charge in [-0.3, -0.25) is 0 Å². The third-order valence-electron chi connectivity index (χ3n) is 2.09. The van der Waals surface area contributed by atoms with Gasteiger partial charge in [-0.2, -0.15) is 0 Å². The number of hydrogen-bond acceptors (Lipinski definition) is 1. The van der Waals surface area contributed by atoms with Crippen molar-refractivity contribution >= 4 is 0 Å². The predicted octanol–water partition coefficient (Wildman–Crippen LogP) is 2.52. The maximum absolute atomic E-state index is 5.48. The van der Waals surface area contributed by atoms with Gasteiger partial charge in [0, 0.05) is 6.54 Å². The number of rotatable bonds is 4. The number of hydrogen-bond donors (Lipinski definition) is 1. The molecule has 0 bridgehead atoms. The van der Waals surface area contributed by atoms with E-state index in [9.17, 15) is 0 Å². The quantitative estimate of drug-likeness (QED) is 0.699. The van der Waals surface area contributed by atoms with E-state index in [1.54, 1.807) is 0 Å². The van der Waals surface area contributed by atoms with Crippen molar-refractivity contribution in [3.05, 3.63) is 47.5 Å². The third-order valence-corrected chi connectivity index (χ3v) is 2.09. The molecule has 0 aliphatic rings. The molecular formula is C12H17N. The molecule has 0 aliphatic carbocycles. The maximum atomic E-state index is 5.48. The lowest BCUT2D eigenvalue weighted by molar-refractivity contribution is 0.975. The third kappa shape index (κ3) is 3.90. The summed E-state index contributed by atoms with van der Waals surface area (Å²) in [6.45, 7) is 2.75. The standard InChI is InChI=1S/C12H17N/c1-11(10-13)6-5-9-12-7-3-2-4-8-12/h2-4,6-8H,5,9-10,13H2,1H3/b11-6+. The highest BCUT2D eigenvalue weighted by Gasteiger charge is 1.89. The Balaban J connectivity index is 2.36. The Morgan fingerprint density at radius 2 is 2.00 bits per heavy atom. The van der Waals surface area contributed by atoms with Crippen LogP contribution in [0.2, 0.25) is 0 Å². The van der Waals surface area contributed by atoms with Gasteiger partial charge in [-0.15, -0.1) is 0 Å². The van der Waals surface area contributed by atoms with Crippen molar-refractivity contribution in [3.8, 4) is 0 Å². The molecule has 1 rings (SSSR count). The Hall–Kier alpha value is -1.08. The Bertz CT molecular complexity index is 262. The minimum absolute atomic E-state index is 0.675. The van der Waals surface area contributed by atoms with Crippen LogP contribution in [-0.4, -0.2) is 6.54 Å². The van der Waals surface area contributed by atoms with Crippen molar-refractivity contribution in [2.75, 3.05) is 6.54 Å². The second-order valence-electron chi connectivity index (χ2n) is 3.28. The molecule has 1 aromatic rings. The van der Waals surface area contributed by atoms with Gasteiger partial charge in [-0.1, -0.05) is 42.0 Å². The average Bonchev–Trinajstić information content (AvgIpc) is 2.19. The van der Waals surface area contributed by atoms with E-state index in [1.807, 2.05) is 6.07 Å². The highest BCUT2D eigenvalue weighted by molar-refractivity contribution is 5.15. The molecule has 0 aliphatic heterocycles. The zero-order valence-electron chi connectivity index (χ0n) is 8.16. The summed E-state index contributed by atoms with van der Waals surface area (Å²) in [5.74, 6) is 0. The van der Waals surface area contributed by atoms with Gasteiger partial charge in [0.2, 0.25) is 0 Å². The van der Waals surface area contributed by atoms with E-state index in [-0.39, 0.29) is 0 Å². The minimum atomic E-state index is 0.675. The van der Waals surface area contributed by atoms with E-state index >= 15 is 0 Å². The number of benzene rings is 1. The molecule has 1 heteroatoms. The summed E-state index contributed by atoms with van der Waals surface area (Å²) in [7, 11) is 0. The lowest BCUT2D eigenvalue weighted by atomic mass is 10.1. The first-order chi connectivity index (χ1) is 6.33. The highest BCUT2D eigenvalue weighted by Crippen LogP contribution is 2.04. The van der Waals surface area contributed by atoms with Crippen molar-refractivity contribution < 1.29 is 0 Å². The predicted molar refractivity (Wildman–Crippen MR) is 57.6 cm³/mol. The van der Waals surface area contributed by atoms with Crippen LogP contribution in [0.25, 0.3) is 0 Å². The van der Waals surface area contributed by atoms with Crippen LogP contribution in [0.4, 0.5) is 0 Å². The van der Waals surface area contributed by atoms with Crippen LogP contribution in [0, 0.1) is 0 Å². The Morgan fingerprint density at radius 1 is 1.31 bits per heavy atom. The maximum Gasteiger partial charge on any atom is 0.0134 e. The topological polar surface area (TPSA) is 26.0 Å². The van der Waals surface area contributed by atoms with Gasteiger partial charge in [-0.05, 0) is 25.3 Å². The van der Waals surface area contributed by atoms with Crippen LogP contribution in [-0.2, 0) is 6.42 Å². The van der Waals surface area contributed by atoms with Crippen molar-refractivity contribution in [1.29, 1.82) is 0 Å². The molecule has 0 aromatic heterocycles. The molecule has 0 saturated carbocycles. The second-order valence-corrected chi connectivity index (χ2v) is 3.28. The summed E-state index contributed by atoms with van der Waals surface area (Å²) < 4.78 is 0. The van der Waals surface area contributed by atoms with Gasteiger partial charge in [0.05, 0.1) is 0 Å². The van der Waals surface area contributed by atoms with Gasteiger partial charge in [0.1, 0.15) is 0 Å². The molecule has 0 radical (unpaired) electrons. The summed E-state index contributed by atoms with van der Waals surface area (Å²) in [5.41, 5.74) is 8.15. The number of nitrogens with two attached hydrogens (primary N) is 1. The highest BCUT2D eigenvalue weighted by atomic mass is 14.5. The van der Waals surface area contributed by atoms with Crippen molar-refractivity contribution in [2.24, 2.45) is 5.73 Å². The fourth-order valence-electron chi connectivity index (χ4n) is 1.21. The van der Waals surface area contributed by atoms with Crippen LogP contribution in [0.3, 0.4) is 0 Å². The summed E-state index contributed by atoms with van der Waals surface area (Å²) in [5, 5.41) is 0. The number of allylic oxidation sites excluding steroid dienone is 1. The SMILES string of the molecule is C/C(=C\CCc1ccccc1)CN. The Kier molecular flexibility index (Phi) is 4.27. The summed E-state index contributed by atoms with van der Waals surface area (Å²) in [6.07, 6.45) is 4.41. The monoisotopic (exact) mass is 175 g/mol. The first-order valence-corrected chi connectivity index (χ1v) is 4.72. The van der Waals surface area contributed by atoms with E-state index in [1.165, 1.54) is 11.1 Å². The van der Waals surface area contributed by atoms with Crippen LogP contribution >= 0.6 is 0 Å². The average molecular weight is 175 g/mol. The zero-order valence-corrected chi connectivity index (χ0v) is 8.16. The van der Waals surface area contributed by atoms with Crippen molar-refractivity contribution in [1.82, 2.24) is 0 Å². The Labute approximate surface area is 80.3 Å². The van der Waals surface area contributed by atoms with Gasteiger partial charge < -0.3 is 5.73 Å². The molecule has 0 amide bonds. The molecule has 0 saturated heterocycles. The fraction of sp³-hybridized carbons (Fsp3) is 0.333. The Morgan fingerprint density at radius 3 is 2.62 bits per heavy atom. The van der Waals surface area contributed by atoms with Gasteiger partial charge in [-0.25, -0.2) is 0 Å². The molecule has 70 valence electrons. The number of aryl methyl sites for hydroxylation is 1. The summed E-state index contributed by atoms with van der Waals surface area (Å²) >= 11 is 0. The first-order valence-electron chi connectivity index (χ1n) is 4.72. The molecule has 0 fully saturated rings. The second kappa shape index (κ2) is 5.55. The lowest BCUT2D eigenvalue weighted by Gasteiger charge is -1.98. The molecule has 0 atom stereocenters. The van der Waals surface area contributed by atoms with E-state index in [0.29, 0.717) is 6.54 Å². The van der Waals surface area contributed by atoms with Crippen LogP contribution in [0.5, 0.6) is 0 Å². The molecular weight excluding hydrogens is 158 g/mol. The molecule has 1 nitrogen and oxygen atoms in total. The zero-order chi connectivity index (χ0) is 9.52. The lowest BCUT2D eigenvalue weighted by Crippen LogP contribution is -1.99. The first kappa shape index (κ1) is 10.0. The van der Waals surface area contributed by atoms with Crippen molar-refractivity contribution in [3.63, 3.8) is 0 Å². The molecule has 0 unspecified atom stereocenters. The summed E-state index contributed by atoms with van der Waals surface area (Å²) in [4.78, 5) is 0. The van der Waals surface area contributed by atoms with Gasteiger partial charge in [0.15, 0.2) is 0 Å². The van der Waals surface area contributed by atoms with Crippen LogP contribution in [0.15, 0.2) is 42.0 Å². The largest absolute Gasteiger partial charge is 0.327 e. The summed E-state index contributed by atoms with van der Waals surface area (Å²) in [6, 6.07) is 10.5. The normalized spacial score (nSPS) is 11.7. The molecule has 13 heavy (non-hydrogen) atoms. The van der Waals surface area contributed by atoms with Crippen LogP contribution < -0.4 is 5.73 Å². The van der Waals surface area contributed by atoms with E-state index in [0.717, 1.165) is 12.8 Å². The smallest absolute Gasteiger partial charge is 0.0134 e. The van der Waals surface area contributed by atoms with Crippen LogP contribution in [0.1, 0.15) is 18.9 Å². The molecule has 0 heterocycles. The molecule has 2 N–H and O–H groups in total. The van der Waals surface area contributed by atoms with Crippen molar-refractivity contribution in [2.45, 2.75) is 19.8 Å². The fourth-order valence-corrected chi connectivity index (χ4v) is 1.21. The minimum Gasteiger partial charge on any atom is -0.327 e. The molecule has 1 aromatic carbocycles. The molecule has 0 spiro atoms. The van der Waals surface area contributed by atoms with E-state index in [4.69, 9.17) is 5.73 Å². The van der Waals surface area contributed by atoms with E-state index < -0.39 is 0 Å². The van der Waals surface area contributed by atoms with Gasteiger partial charge >= 0.3 is 0 Å².